The van der Waals surface area contributed by atoms with E-state index in [-0.39, 0.29) is 5.91 Å². The Bertz CT molecular complexity index is 561. The zero-order chi connectivity index (χ0) is 13.9. The number of nitrogens with one attached hydrogen (secondary N) is 1. The lowest BCUT2D eigenvalue weighted by atomic mass is 9.99. The van der Waals surface area contributed by atoms with Gasteiger partial charge in [-0.2, -0.15) is 5.10 Å². The summed E-state index contributed by atoms with van der Waals surface area (Å²) in [5.74, 6) is -0.199. The summed E-state index contributed by atoms with van der Waals surface area (Å²) in [4.78, 5) is 12.1. The van der Waals surface area contributed by atoms with Gasteiger partial charge in [0.05, 0.1) is 16.9 Å². The van der Waals surface area contributed by atoms with Crippen LogP contribution in [0.25, 0.3) is 5.69 Å². The van der Waals surface area contributed by atoms with Gasteiger partial charge in [0, 0.05) is 12.4 Å². The van der Waals surface area contributed by atoms with E-state index in [1.807, 2.05) is 43.5 Å². The third-order valence-corrected chi connectivity index (χ3v) is 3.16. The lowest BCUT2D eigenvalue weighted by Gasteiger charge is -2.22. The summed E-state index contributed by atoms with van der Waals surface area (Å²) in [7, 11) is 0. The minimum atomic E-state index is -0.878. The van der Waals surface area contributed by atoms with E-state index in [1.165, 1.54) is 0 Å². The first kappa shape index (κ1) is 13.3. The van der Waals surface area contributed by atoms with Crippen LogP contribution >= 0.6 is 0 Å². The Morgan fingerprint density at radius 2 is 2.16 bits per heavy atom. The average molecular weight is 258 g/mol. The van der Waals surface area contributed by atoms with Crippen molar-refractivity contribution in [1.82, 2.24) is 9.78 Å². The number of nitrogens with zero attached hydrogens (tertiary/aromatic N) is 2. The maximum Gasteiger partial charge on any atom is 0.244 e. The molecular formula is C14H18N4O. The van der Waals surface area contributed by atoms with E-state index < -0.39 is 5.54 Å². The third kappa shape index (κ3) is 2.82. The van der Waals surface area contributed by atoms with E-state index in [1.54, 1.807) is 17.8 Å². The van der Waals surface area contributed by atoms with E-state index in [9.17, 15) is 4.79 Å². The van der Waals surface area contributed by atoms with Crippen LogP contribution in [0.5, 0.6) is 0 Å². The molecule has 5 heteroatoms. The first-order valence-corrected chi connectivity index (χ1v) is 6.24. The van der Waals surface area contributed by atoms with E-state index in [4.69, 9.17) is 5.73 Å². The SMILES string of the molecule is CCC(C)(N)C(=O)Nc1ccccc1-n1cccn1. The van der Waals surface area contributed by atoms with Gasteiger partial charge >= 0.3 is 0 Å². The minimum Gasteiger partial charge on any atom is -0.323 e. The number of carbonyl (C=O) groups is 1. The van der Waals surface area contributed by atoms with Crippen molar-refractivity contribution in [2.24, 2.45) is 5.73 Å². The molecule has 0 aliphatic carbocycles. The van der Waals surface area contributed by atoms with Gasteiger partial charge in [0.15, 0.2) is 0 Å². The van der Waals surface area contributed by atoms with Gasteiger partial charge in [0.25, 0.3) is 0 Å². The summed E-state index contributed by atoms with van der Waals surface area (Å²) in [5.41, 5.74) is 6.57. The second-order valence-electron chi connectivity index (χ2n) is 4.69. The van der Waals surface area contributed by atoms with Crippen LogP contribution in [-0.4, -0.2) is 21.2 Å². The maximum absolute atomic E-state index is 12.1. The number of amides is 1. The number of carbonyl (C=O) groups excluding carboxylic acids is 1. The van der Waals surface area contributed by atoms with Crippen molar-refractivity contribution in [2.75, 3.05) is 5.32 Å². The van der Waals surface area contributed by atoms with Crippen molar-refractivity contribution in [3.63, 3.8) is 0 Å². The molecule has 0 saturated heterocycles. The molecule has 0 fully saturated rings. The fourth-order valence-electron chi connectivity index (χ4n) is 1.62. The highest BCUT2D eigenvalue weighted by atomic mass is 16.2. The zero-order valence-electron chi connectivity index (χ0n) is 11.1. The van der Waals surface area contributed by atoms with Gasteiger partial charge in [-0.1, -0.05) is 19.1 Å². The molecule has 2 aromatic rings. The quantitative estimate of drug-likeness (QED) is 0.880. The highest BCUT2D eigenvalue weighted by Crippen LogP contribution is 2.20. The first-order chi connectivity index (χ1) is 9.04. The summed E-state index contributed by atoms with van der Waals surface area (Å²) < 4.78 is 1.70. The van der Waals surface area contributed by atoms with Crippen molar-refractivity contribution in [3.8, 4) is 5.69 Å². The number of benzene rings is 1. The normalized spacial score (nSPS) is 13.8. The molecule has 0 saturated carbocycles. The Morgan fingerprint density at radius 3 is 2.79 bits per heavy atom. The van der Waals surface area contributed by atoms with Gasteiger partial charge in [-0.05, 0) is 31.5 Å². The molecule has 0 aliphatic rings. The molecule has 1 atom stereocenters. The summed E-state index contributed by atoms with van der Waals surface area (Å²) in [6, 6.07) is 9.32. The predicted molar refractivity (Wildman–Crippen MR) is 75.1 cm³/mol. The topological polar surface area (TPSA) is 72.9 Å². The van der Waals surface area contributed by atoms with E-state index in [0.717, 1.165) is 5.69 Å². The van der Waals surface area contributed by atoms with Crippen LogP contribution in [0.2, 0.25) is 0 Å². The molecule has 0 spiro atoms. The number of anilines is 1. The lowest BCUT2D eigenvalue weighted by Crippen LogP contribution is -2.47. The van der Waals surface area contributed by atoms with Crippen LogP contribution in [0.4, 0.5) is 5.69 Å². The Morgan fingerprint density at radius 1 is 1.42 bits per heavy atom. The lowest BCUT2D eigenvalue weighted by molar-refractivity contribution is -0.120. The van der Waals surface area contributed by atoms with E-state index in [2.05, 4.69) is 10.4 Å². The molecular weight excluding hydrogens is 240 g/mol. The monoisotopic (exact) mass is 258 g/mol. The summed E-state index contributed by atoms with van der Waals surface area (Å²) in [6.45, 7) is 3.61. The number of hydrogen-bond acceptors (Lipinski definition) is 3. The molecule has 0 radical (unpaired) electrons. The van der Waals surface area contributed by atoms with E-state index >= 15 is 0 Å². The van der Waals surface area contributed by atoms with Crippen molar-refractivity contribution in [1.29, 1.82) is 0 Å². The molecule has 2 rings (SSSR count). The molecule has 100 valence electrons. The number of para-hydroxylation sites is 2. The summed E-state index contributed by atoms with van der Waals surface area (Å²) >= 11 is 0. The second kappa shape index (κ2) is 5.24. The molecule has 1 amide bonds. The van der Waals surface area contributed by atoms with Crippen LogP contribution in [-0.2, 0) is 4.79 Å². The largest absolute Gasteiger partial charge is 0.323 e. The molecule has 1 heterocycles. The predicted octanol–water partition coefficient (Wildman–Crippen LogP) is 1.94. The van der Waals surface area contributed by atoms with Crippen molar-refractivity contribution in [2.45, 2.75) is 25.8 Å². The van der Waals surface area contributed by atoms with Gasteiger partial charge < -0.3 is 11.1 Å². The fraction of sp³-hybridized carbons (Fsp3) is 0.286. The highest BCUT2D eigenvalue weighted by Gasteiger charge is 2.26. The Kier molecular flexibility index (Phi) is 3.66. The van der Waals surface area contributed by atoms with Crippen LogP contribution < -0.4 is 11.1 Å². The van der Waals surface area contributed by atoms with Crippen LogP contribution in [0.1, 0.15) is 20.3 Å². The molecule has 5 nitrogen and oxygen atoms in total. The van der Waals surface area contributed by atoms with Crippen LogP contribution in [0.15, 0.2) is 42.7 Å². The van der Waals surface area contributed by atoms with Gasteiger partial charge in [-0.3, -0.25) is 4.79 Å². The minimum absolute atomic E-state index is 0.199. The van der Waals surface area contributed by atoms with Gasteiger partial charge in [0.1, 0.15) is 0 Å². The van der Waals surface area contributed by atoms with Crippen LogP contribution in [0.3, 0.4) is 0 Å². The Labute approximate surface area is 112 Å². The standard InChI is InChI=1S/C14H18N4O/c1-3-14(2,15)13(19)17-11-7-4-5-8-12(11)18-10-6-9-16-18/h4-10H,3,15H2,1-2H3,(H,17,19). The van der Waals surface area contributed by atoms with Crippen LogP contribution in [0, 0.1) is 0 Å². The molecule has 1 unspecified atom stereocenters. The average Bonchev–Trinajstić information content (AvgIpc) is 2.93. The van der Waals surface area contributed by atoms with Gasteiger partial charge in [0.2, 0.25) is 5.91 Å². The van der Waals surface area contributed by atoms with Crippen molar-refractivity contribution in [3.05, 3.63) is 42.7 Å². The van der Waals surface area contributed by atoms with Gasteiger partial charge in [-0.15, -0.1) is 0 Å². The fourth-order valence-corrected chi connectivity index (χ4v) is 1.62. The Balaban J connectivity index is 2.29. The third-order valence-electron chi connectivity index (χ3n) is 3.16. The number of aromatic nitrogens is 2. The summed E-state index contributed by atoms with van der Waals surface area (Å²) in [6.07, 6.45) is 4.09. The molecule has 0 bridgehead atoms. The van der Waals surface area contributed by atoms with Gasteiger partial charge in [-0.25, -0.2) is 4.68 Å². The van der Waals surface area contributed by atoms with Crippen molar-refractivity contribution >= 4 is 11.6 Å². The smallest absolute Gasteiger partial charge is 0.244 e. The molecule has 1 aromatic heterocycles. The Hall–Kier alpha value is -2.14. The molecule has 1 aromatic carbocycles. The number of rotatable bonds is 4. The maximum atomic E-state index is 12.1. The molecule has 0 aliphatic heterocycles. The first-order valence-electron chi connectivity index (χ1n) is 6.24. The number of nitrogens with two attached hydrogens (primary N) is 1. The van der Waals surface area contributed by atoms with E-state index in [0.29, 0.717) is 12.1 Å². The number of hydrogen-bond donors (Lipinski definition) is 2. The second-order valence-corrected chi connectivity index (χ2v) is 4.69. The molecule has 19 heavy (non-hydrogen) atoms. The zero-order valence-corrected chi connectivity index (χ0v) is 11.1. The highest BCUT2D eigenvalue weighted by molar-refractivity contribution is 5.99. The van der Waals surface area contributed by atoms with Crippen molar-refractivity contribution < 1.29 is 4.79 Å². The summed E-state index contributed by atoms with van der Waals surface area (Å²) in [5, 5.41) is 7.04. The molecule has 3 N–H and O–H groups in total.